The van der Waals surface area contributed by atoms with E-state index in [1.54, 1.807) is 7.11 Å². The number of nitrogens with one attached hydrogen (secondary N) is 1. The number of allylic oxidation sites excluding steroid dienone is 1. The average Bonchev–Trinajstić information content (AvgIpc) is 2.25. The van der Waals surface area contributed by atoms with Gasteiger partial charge in [-0.05, 0) is 18.8 Å². The molecular weight excluding hydrogens is 174 g/mol. The van der Waals surface area contributed by atoms with E-state index in [1.807, 2.05) is 0 Å². The van der Waals surface area contributed by atoms with E-state index in [-0.39, 0.29) is 0 Å². The second kappa shape index (κ2) is 8.01. The summed E-state index contributed by atoms with van der Waals surface area (Å²) in [6.07, 6.45) is 11.7. The Hall–Kier alpha value is -0.340. The molecule has 1 rings (SSSR count). The topological polar surface area (TPSA) is 21.3 Å². The van der Waals surface area contributed by atoms with Crippen molar-refractivity contribution in [2.75, 3.05) is 26.8 Å². The number of hydrogen-bond donors (Lipinski definition) is 1. The van der Waals surface area contributed by atoms with Crippen LogP contribution in [-0.2, 0) is 4.74 Å². The fourth-order valence-electron chi connectivity index (χ4n) is 1.95. The lowest BCUT2D eigenvalue weighted by Crippen LogP contribution is -2.19. The zero-order valence-electron chi connectivity index (χ0n) is 9.30. The molecule has 14 heavy (non-hydrogen) atoms. The third-order valence-corrected chi connectivity index (χ3v) is 2.80. The van der Waals surface area contributed by atoms with E-state index in [4.69, 9.17) is 4.74 Å². The molecule has 0 aromatic rings. The zero-order chi connectivity index (χ0) is 10.1. The van der Waals surface area contributed by atoms with Crippen molar-refractivity contribution in [3.05, 3.63) is 12.2 Å². The van der Waals surface area contributed by atoms with Gasteiger partial charge in [0.15, 0.2) is 0 Å². The predicted molar refractivity (Wildman–Crippen MR) is 60.5 cm³/mol. The summed E-state index contributed by atoms with van der Waals surface area (Å²) in [4.78, 5) is 0. The molecule has 2 heteroatoms. The lowest BCUT2D eigenvalue weighted by atomic mass is 9.89. The first-order valence-electron chi connectivity index (χ1n) is 5.80. The molecule has 82 valence electrons. The summed E-state index contributed by atoms with van der Waals surface area (Å²) in [6.45, 7) is 2.74. The minimum Gasteiger partial charge on any atom is -0.383 e. The molecule has 0 saturated heterocycles. The predicted octanol–water partition coefficient (Wildman–Crippen LogP) is 2.36. The normalized spacial score (nSPS) is 19.2. The molecule has 0 amide bonds. The third kappa shape index (κ3) is 5.40. The van der Waals surface area contributed by atoms with Crippen molar-refractivity contribution in [1.29, 1.82) is 0 Å². The highest BCUT2D eigenvalue weighted by Crippen LogP contribution is 2.24. The van der Waals surface area contributed by atoms with Gasteiger partial charge in [-0.2, -0.15) is 0 Å². The molecule has 0 aromatic heterocycles. The maximum absolute atomic E-state index is 4.95. The molecule has 1 N–H and O–H groups in total. The van der Waals surface area contributed by atoms with Crippen LogP contribution in [0.25, 0.3) is 0 Å². The number of hydrogen-bond acceptors (Lipinski definition) is 2. The van der Waals surface area contributed by atoms with Crippen LogP contribution in [0.4, 0.5) is 0 Å². The lowest BCUT2D eigenvalue weighted by Gasteiger charge is -2.17. The molecule has 0 spiro atoms. The Balaban J connectivity index is 1.96. The van der Waals surface area contributed by atoms with Gasteiger partial charge in [-0.25, -0.2) is 0 Å². The summed E-state index contributed by atoms with van der Waals surface area (Å²) in [7, 11) is 1.74. The van der Waals surface area contributed by atoms with E-state index >= 15 is 0 Å². The van der Waals surface area contributed by atoms with Gasteiger partial charge in [0.2, 0.25) is 0 Å². The molecule has 1 aliphatic carbocycles. The lowest BCUT2D eigenvalue weighted by molar-refractivity contribution is 0.200. The van der Waals surface area contributed by atoms with Crippen molar-refractivity contribution in [3.63, 3.8) is 0 Å². The molecule has 0 bridgehead atoms. The van der Waals surface area contributed by atoms with E-state index in [2.05, 4.69) is 17.5 Å². The highest BCUT2D eigenvalue weighted by molar-refractivity contribution is 4.91. The molecule has 0 atom stereocenters. The van der Waals surface area contributed by atoms with Crippen LogP contribution in [0.1, 0.15) is 32.1 Å². The Morgan fingerprint density at radius 2 is 2.07 bits per heavy atom. The van der Waals surface area contributed by atoms with Crippen molar-refractivity contribution in [2.45, 2.75) is 32.1 Å². The van der Waals surface area contributed by atoms with Gasteiger partial charge in [0.1, 0.15) is 0 Å². The van der Waals surface area contributed by atoms with Crippen molar-refractivity contribution >= 4 is 0 Å². The largest absolute Gasteiger partial charge is 0.383 e. The summed E-state index contributed by atoms with van der Waals surface area (Å²) < 4.78 is 4.95. The Morgan fingerprint density at radius 3 is 2.79 bits per heavy atom. The van der Waals surface area contributed by atoms with Crippen LogP contribution in [0.5, 0.6) is 0 Å². The number of methoxy groups -OCH3 is 1. The van der Waals surface area contributed by atoms with Crippen molar-refractivity contribution in [1.82, 2.24) is 5.32 Å². The summed E-state index contributed by atoms with van der Waals surface area (Å²) in [5.41, 5.74) is 0. The monoisotopic (exact) mass is 197 g/mol. The van der Waals surface area contributed by atoms with Crippen LogP contribution in [0.15, 0.2) is 12.2 Å². The van der Waals surface area contributed by atoms with Gasteiger partial charge in [-0.3, -0.25) is 0 Å². The van der Waals surface area contributed by atoms with E-state index in [0.717, 1.165) is 25.6 Å². The molecule has 0 unspecified atom stereocenters. The Labute approximate surface area is 87.7 Å². The van der Waals surface area contributed by atoms with Gasteiger partial charge in [0.05, 0.1) is 6.61 Å². The minimum absolute atomic E-state index is 0.803. The van der Waals surface area contributed by atoms with Crippen LogP contribution in [0.3, 0.4) is 0 Å². The summed E-state index contributed by atoms with van der Waals surface area (Å²) >= 11 is 0. The van der Waals surface area contributed by atoms with E-state index in [9.17, 15) is 0 Å². The maximum Gasteiger partial charge on any atom is 0.0587 e. The van der Waals surface area contributed by atoms with E-state index in [0.29, 0.717) is 0 Å². The molecule has 2 nitrogen and oxygen atoms in total. The standard InChI is InChI=1S/C12H23NO/c1-14-11-10-13-9-5-8-12-6-3-2-4-7-12/h5,8,12-13H,2-4,6-7,9-11H2,1H3. The van der Waals surface area contributed by atoms with Gasteiger partial charge in [0.25, 0.3) is 0 Å². The molecule has 1 saturated carbocycles. The molecule has 1 aliphatic rings. The van der Waals surface area contributed by atoms with Crippen molar-refractivity contribution in [2.24, 2.45) is 5.92 Å². The first kappa shape index (κ1) is 11.7. The summed E-state index contributed by atoms with van der Waals surface area (Å²) in [6, 6.07) is 0. The SMILES string of the molecule is COCCNCC=CC1CCCCC1. The number of ether oxygens (including phenoxy) is 1. The average molecular weight is 197 g/mol. The second-order valence-corrected chi connectivity index (χ2v) is 4.02. The first-order chi connectivity index (χ1) is 6.93. The zero-order valence-corrected chi connectivity index (χ0v) is 9.30. The minimum atomic E-state index is 0.803. The molecule has 0 heterocycles. The van der Waals surface area contributed by atoms with Crippen LogP contribution < -0.4 is 5.32 Å². The first-order valence-corrected chi connectivity index (χ1v) is 5.80. The van der Waals surface area contributed by atoms with Gasteiger partial charge in [0, 0.05) is 20.2 Å². The van der Waals surface area contributed by atoms with Crippen LogP contribution in [0, 0.1) is 5.92 Å². The van der Waals surface area contributed by atoms with E-state index < -0.39 is 0 Å². The third-order valence-electron chi connectivity index (χ3n) is 2.80. The fraction of sp³-hybridized carbons (Fsp3) is 0.833. The second-order valence-electron chi connectivity index (χ2n) is 4.02. The van der Waals surface area contributed by atoms with Gasteiger partial charge in [-0.15, -0.1) is 0 Å². The molecule has 0 radical (unpaired) electrons. The van der Waals surface area contributed by atoms with Crippen LogP contribution in [0.2, 0.25) is 0 Å². The highest BCUT2D eigenvalue weighted by atomic mass is 16.5. The summed E-state index contributed by atoms with van der Waals surface area (Å²) in [5.74, 6) is 0.855. The van der Waals surface area contributed by atoms with Crippen LogP contribution >= 0.6 is 0 Å². The van der Waals surface area contributed by atoms with Crippen molar-refractivity contribution in [3.8, 4) is 0 Å². The van der Waals surface area contributed by atoms with Crippen molar-refractivity contribution < 1.29 is 4.74 Å². The molecule has 1 fully saturated rings. The number of rotatable bonds is 6. The fourth-order valence-corrected chi connectivity index (χ4v) is 1.95. The van der Waals surface area contributed by atoms with E-state index in [1.165, 1.54) is 32.1 Å². The van der Waals surface area contributed by atoms with Crippen LogP contribution in [-0.4, -0.2) is 26.8 Å². The summed E-state index contributed by atoms with van der Waals surface area (Å²) in [5, 5.41) is 3.31. The molecule has 0 aliphatic heterocycles. The smallest absolute Gasteiger partial charge is 0.0587 e. The van der Waals surface area contributed by atoms with Gasteiger partial charge < -0.3 is 10.1 Å². The molecular formula is C12H23NO. The Morgan fingerprint density at radius 1 is 1.29 bits per heavy atom. The maximum atomic E-state index is 4.95. The highest BCUT2D eigenvalue weighted by Gasteiger charge is 2.08. The van der Waals surface area contributed by atoms with Gasteiger partial charge in [-0.1, -0.05) is 31.4 Å². The molecule has 0 aromatic carbocycles. The van der Waals surface area contributed by atoms with Gasteiger partial charge >= 0.3 is 0 Å². The quantitative estimate of drug-likeness (QED) is 0.521. The Bertz CT molecular complexity index is 150. The Kier molecular flexibility index (Phi) is 6.71.